The molecule has 0 bridgehead atoms. The van der Waals surface area contributed by atoms with E-state index in [0.717, 1.165) is 30.0 Å². The number of methoxy groups -OCH3 is 2. The molecule has 190 valence electrons. The fourth-order valence-corrected chi connectivity index (χ4v) is 6.40. The topological polar surface area (TPSA) is 64.4 Å². The van der Waals surface area contributed by atoms with Gasteiger partial charge < -0.3 is 23.5 Å². The molecular formula is C29H34N2O5. The fourth-order valence-electron chi connectivity index (χ4n) is 6.40. The number of hydrogen-bond acceptors (Lipinski definition) is 7. The predicted octanol–water partition coefficient (Wildman–Crippen LogP) is 4.89. The number of ether oxygens (including phenoxy) is 3. The van der Waals surface area contributed by atoms with Crippen molar-refractivity contribution in [3.8, 4) is 28.4 Å². The number of benzene rings is 2. The molecule has 0 spiro atoms. The van der Waals surface area contributed by atoms with Gasteiger partial charge in [-0.25, -0.2) is 0 Å². The molecule has 6 rings (SSSR count). The Balaban J connectivity index is 1.29. The summed E-state index contributed by atoms with van der Waals surface area (Å²) in [5.74, 6) is 2.67. The van der Waals surface area contributed by atoms with Crippen LogP contribution in [-0.4, -0.2) is 56.4 Å². The first-order chi connectivity index (χ1) is 17.7. The van der Waals surface area contributed by atoms with E-state index in [2.05, 4.69) is 9.80 Å². The molecule has 1 aromatic heterocycles. The summed E-state index contributed by atoms with van der Waals surface area (Å²) in [6, 6.07) is 9.88. The van der Waals surface area contributed by atoms with Crippen molar-refractivity contribution >= 4 is 11.0 Å². The number of rotatable bonds is 5. The molecule has 2 atom stereocenters. The van der Waals surface area contributed by atoms with Crippen LogP contribution in [0.3, 0.4) is 0 Å². The first-order valence-electron chi connectivity index (χ1n) is 13.0. The summed E-state index contributed by atoms with van der Waals surface area (Å²) >= 11 is 0. The van der Waals surface area contributed by atoms with Crippen LogP contribution < -0.4 is 19.6 Å². The SMILES string of the molecule is COc1ccc(-c2coc3c4c(ccc3c2=O)OCN(C[C@H]2CCCN3CCCC[C@@H]23)C4)cc1OC. The molecule has 0 N–H and O–H groups in total. The molecular weight excluding hydrogens is 456 g/mol. The zero-order valence-electron chi connectivity index (χ0n) is 21.1. The summed E-state index contributed by atoms with van der Waals surface area (Å²) in [6.07, 6.45) is 8.11. The van der Waals surface area contributed by atoms with Crippen molar-refractivity contribution in [2.45, 2.75) is 44.7 Å². The molecule has 2 fully saturated rings. The molecule has 0 saturated carbocycles. The van der Waals surface area contributed by atoms with Crippen molar-refractivity contribution in [3.63, 3.8) is 0 Å². The molecule has 0 aliphatic carbocycles. The van der Waals surface area contributed by atoms with Gasteiger partial charge >= 0.3 is 0 Å². The maximum Gasteiger partial charge on any atom is 0.200 e. The van der Waals surface area contributed by atoms with E-state index in [1.165, 1.54) is 45.2 Å². The Morgan fingerprint density at radius 3 is 2.72 bits per heavy atom. The van der Waals surface area contributed by atoms with Gasteiger partial charge in [-0.2, -0.15) is 0 Å². The summed E-state index contributed by atoms with van der Waals surface area (Å²) in [5, 5.41) is 0.572. The zero-order valence-corrected chi connectivity index (χ0v) is 21.1. The molecule has 3 aliphatic rings. The summed E-state index contributed by atoms with van der Waals surface area (Å²) in [6.45, 7) is 4.83. The first kappa shape index (κ1) is 23.4. The highest BCUT2D eigenvalue weighted by atomic mass is 16.5. The van der Waals surface area contributed by atoms with Crippen LogP contribution >= 0.6 is 0 Å². The molecule has 2 aromatic carbocycles. The maximum absolute atomic E-state index is 13.5. The highest BCUT2D eigenvalue weighted by Gasteiger charge is 2.35. The van der Waals surface area contributed by atoms with Crippen LogP contribution in [0.25, 0.3) is 22.1 Å². The van der Waals surface area contributed by atoms with Gasteiger partial charge in [-0.3, -0.25) is 9.69 Å². The van der Waals surface area contributed by atoms with Gasteiger partial charge in [0, 0.05) is 19.1 Å². The lowest BCUT2D eigenvalue weighted by atomic mass is 9.83. The van der Waals surface area contributed by atoms with E-state index in [4.69, 9.17) is 18.6 Å². The predicted molar refractivity (Wildman–Crippen MR) is 139 cm³/mol. The smallest absolute Gasteiger partial charge is 0.200 e. The monoisotopic (exact) mass is 490 g/mol. The van der Waals surface area contributed by atoms with Crippen molar-refractivity contribution < 1.29 is 18.6 Å². The minimum Gasteiger partial charge on any atom is -0.493 e. The van der Waals surface area contributed by atoms with E-state index >= 15 is 0 Å². The van der Waals surface area contributed by atoms with Gasteiger partial charge in [-0.05, 0) is 74.5 Å². The third-order valence-corrected chi connectivity index (χ3v) is 8.20. The Labute approximate surface area is 211 Å². The van der Waals surface area contributed by atoms with Crippen molar-refractivity contribution in [2.75, 3.05) is 40.6 Å². The van der Waals surface area contributed by atoms with Crippen LogP contribution in [0.4, 0.5) is 0 Å². The Morgan fingerprint density at radius 2 is 1.86 bits per heavy atom. The Kier molecular flexibility index (Phi) is 6.36. The van der Waals surface area contributed by atoms with Crippen LogP contribution in [0.1, 0.15) is 37.7 Å². The second-order valence-electron chi connectivity index (χ2n) is 10.3. The van der Waals surface area contributed by atoms with Crippen LogP contribution in [0.2, 0.25) is 0 Å². The normalized spacial score (nSPS) is 22.5. The van der Waals surface area contributed by atoms with E-state index in [-0.39, 0.29) is 5.43 Å². The third kappa shape index (κ3) is 4.14. The molecule has 0 unspecified atom stereocenters. The summed E-state index contributed by atoms with van der Waals surface area (Å²) in [4.78, 5) is 18.6. The summed E-state index contributed by atoms with van der Waals surface area (Å²) < 4.78 is 23.1. The average Bonchev–Trinajstić information content (AvgIpc) is 2.93. The van der Waals surface area contributed by atoms with Crippen molar-refractivity contribution in [3.05, 3.63) is 52.4 Å². The number of piperidine rings is 2. The van der Waals surface area contributed by atoms with Crippen LogP contribution in [0.5, 0.6) is 17.2 Å². The van der Waals surface area contributed by atoms with Crippen molar-refractivity contribution in [1.29, 1.82) is 0 Å². The molecule has 36 heavy (non-hydrogen) atoms. The number of hydrogen-bond donors (Lipinski definition) is 0. The van der Waals surface area contributed by atoms with Crippen LogP contribution in [0, 0.1) is 5.92 Å². The van der Waals surface area contributed by atoms with Crippen molar-refractivity contribution in [1.82, 2.24) is 9.80 Å². The minimum absolute atomic E-state index is 0.0616. The molecule has 7 nitrogen and oxygen atoms in total. The van der Waals surface area contributed by atoms with Crippen LogP contribution in [-0.2, 0) is 6.54 Å². The Hall–Kier alpha value is -3.03. The molecule has 3 aliphatic heterocycles. The summed E-state index contributed by atoms with van der Waals surface area (Å²) in [5.41, 5.74) is 2.75. The van der Waals surface area contributed by atoms with Gasteiger partial charge in [-0.1, -0.05) is 12.5 Å². The van der Waals surface area contributed by atoms with Crippen molar-refractivity contribution in [2.24, 2.45) is 5.92 Å². The van der Waals surface area contributed by atoms with E-state index in [1.54, 1.807) is 32.6 Å². The number of nitrogens with zero attached hydrogens (tertiary/aromatic N) is 2. The number of fused-ring (bicyclic) bond motifs is 4. The van der Waals surface area contributed by atoms with E-state index < -0.39 is 0 Å². The molecule has 3 aromatic rings. The lowest BCUT2D eigenvalue weighted by Gasteiger charge is -2.46. The molecule has 0 radical (unpaired) electrons. The second kappa shape index (κ2) is 9.79. The Bertz CT molecular complexity index is 1320. The maximum atomic E-state index is 13.5. The lowest BCUT2D eigenvalue weighted by Crippen LogP contribution is -2.51. The molecule has 0 amide bonds. The molecule has 2 saturated heterocycles. The van der Waals surface area contributed by atoms with E-state index in [0.29, 0.717) is 46.7 Å². The first-order valence-corrected chi connectivity index (χ1v) is 13.0. The molecule has 4 heterocycles. The fraction of sp³-hybridized carbons (Fsp3) is 0.483. The average molecular weight is 491 g/mol. The minimum atomic E-state index is -0.0616. The van der Waals surface area contributed by atoms with Gasteiger partial charge in [-0.15, -0.1) is 0 Å². The quantitative estimate of drug-likeness (QED) is 0.504. The van der Waals surface area contributed by atoms with E-state index in [9.17, 15) is 4.79 Å². The largest absolute Gasteiger partial charge is 0.493 e. The van der Waals surface area contributed by atoms with Gasteiger partial charge in [0.2, 0.25) is 5.43 Å². The van der Waals surface area contributed by atoms with Gasteiger partial charge in [0.1, 0.15) is 24.3 Å². The van der Waals surface area contributed by atoms with Gasteiger partial charge in [0.25, 0.3) is 0 Å². The summed E-state index contributed by atoms with van der Waals surface area (Å²) in [7, 11) is 3.18. The standard InChI is InChI=1S/C29H34N2O5/c1-33-26-10-8-19(14-27(26)34-2)23-17-35-29-21(28(23)32)9-11-25-22(29)16-30(18-36-25)15-20-6-5-13-31-12-4-3-7-24(20)31/h8-11,14,17,20,24H,3-7,12-13,15-16,18H2,1-2H3/t20-,24+/m1/s1. The molecule has 7 heteroatoms. The zero-order chi connectivity index (χ0) is 24.6. The van der Waals surface area contributed by atoms with Gasteiger partial charge in [0.05, 0.1) is 30.7 Å². The van der Waals surface area contributed by atoms with E-state index in [1.807, 2.05) is 18.2 Å². The third-order valence-electron chi connectivity index (χ3n) is 8.20. The van der Waals surface area contributed by atoms with Gasteiger partial charge in [0.15, 0.2) is 11.5 Å². The highest BCUT2D eigenvalue weighted by Crippen LogP contribution is 2.36. The lowest BCUT2D eigenvalue weighted by molar-refractivity contribution is 0.0146. The second-order valence-corrected chi connectivity index (χ2v) is 10.3. The van der Waals surface area contributed by atoms with Crippen LogP contribution in [0.15, 0.2) is 45.8 Å². The highest BCUT2D eigenvalue weighted by molar-refractivity contribution is 5.86. The Morgan fingerprint density at radius 1 is 1.00 bits per heavy atom.